The Bertz CT molecular complexity index is 918. The minimum Gasteiger partial charge on any atom is -0.463 e. The van der Waals surface area contributed by atoms with Crippen molar-refractivity contribution < 1.29 is 19.8 Å². The molecule has 30 heavy (non-hydrogen) atoms. The van der Waals surface area contributed by atoms with E-state index >= 15 is 0 Å². The molecule has 0 fully saturated rings. The van der Waals surface area contributed by atoms with E-state index in [0.717, 1.165) is 0 Å². The summed E-state index contributed by atoms with van der Waals surface area (Å²) in [6.45, 7) is 0. The normalized spacial score (nSPS) is 9.20. The Morgan fingerprint density at radius 3 is 1.33 bits per heavy atom. The Labute approximate surface area is 161 Å². The van der Waals surface area contributed by atoms with E-state index in [-0.39, 0.29) is 23.3 Å². The second-order valence-electron chi connectivity index (χ2n) is 3.86. The number of aromatic amines is 2. The molecule has 0 saturated carbocycles. The number of hydrogen-bond acceptors (Lipinski definition) is 18. The average molecular weight is 428 g/mol. The number of hydrazine groups is 2. The molecule has 4 rings (SSSR count). The third-order valence-corrected chi connectivity index (χ3v) is 2.39. The van der Waals surface area contributed by atoms with Crippen LogP contribution in [0.25, 0.3) is 23.3 Å². The van der Waals surface area contributed by atoms with Gasteiger partial charge in [-0.2, -0.15) is 10.4 Å². The van der Waals surface area contributed by atoms with E-state index in [1.54, 1.807) is 0 Å². The Hall–Kier alpha value is -4.94. The highest BCUT2D eigenvalue weighted by Gasteiger charge is 2.18. The summed E-state index contributed by atoms with van der Waals surface area (Å²) in [5.41, 5.74) is 0. The molecule has 0 amide bonds. The minimum atomic E-state index is -1.32. The highest BCUT2D eigenvalue weighted by molar-refractivity contribution is 5.71. The Morgan fingerprint density at radius 1 is 0.700 bits per heavy atom. The minimum absolute atomic E-state index is 0.0207. The van der Waals surface area contributed by atoms with E-state index in [1.807, 2.05) is 0 Å². The van der Waals surface area contributed by atoms with E-state index in [1.165, 1.54) is 0 Å². The molecule has 12 N–H and O–H groups in total. The first kappa shape index (κ1) is 23.1. The third kappa shape index (κ3) is 5.53. The van der Waals surface area contributed by atoms with Gasteiger partial charge in [-0.05, 0) is 31.3 Å². The van der Waals surface area contributed by atoms with Crippen LogP contribution in [0, 0.1) is 0 Å². The average Bonchev–Trinajstić information content (AvgIpc) is 3.57. The zero-order chi connectivity index (χ0) is 22.5. The van der Waals surface area contributed by atoms with E-state index in [9.17, 15) is 9.59 Å². The van der Waals surface area contributed by atoms with Crippen LogP contribution in [-0.2, 0) is 0 Å². The first-order valence-electron chi connectivity index (χ1n) is 6.75. The molecule has 0 atom stereocenters. The molecule has 0 saturated heterocycles. The van der Waals surface area contributed by atoms with Crippen LogP contribution >= 0.6 is 0 Å². The largest absolute Gasteiger partial charge is 0.463 e. The fourth-order valence-corrected chi connectivity index (χ4v) is 1.42. The number of rotatable bonds is 2. The van der Waals surface area contributed by atoms with Crippen LogP contribution in [0.15, 0.2) is 0 Å². The van der Waals surface area contributed by atoms with Crippen molar-refractivity contribution in [1.82, 2.24) is 81.7 Å². The van der Waals surface area contributed by atoms with Gasteiger partial charge in [0.1, 0.15) is 0 Å². The third-order valence-electron chi connectivity index (χ3n) is 2.39. The van der Waals surface area contributed by atoms with Gasteiger partial charge in [-0.15, -0.1) is 40.0 Å². The molecule has 0 spiro atoms. The van der Waals surface area contributed by atoms with Crippen molar-refractivity contribution in [2.24, 2.45) is 23.4 Å². The number of nitrogens with two attached hydrogens (primary N) is 4. The number of nitrogens with zero attached hydrogens (tertiary/aromatic N) is 14. The molecule has 4 aromatic rings. The van der Waals surface area contributed by atoms with Crippen LogP contribution in [0.4, 0.5) is 9.59 Å². The number of nitrogens with one attached hydrogen (secondary N) is 2. The molecule has 0 aromatic carbocycles. The molecule has 0 radical (unpaired) electrons. The molecule has 4 aromatic heterocycles. The zero-order valence-corrected chi connectivity index (χ0v) is 14.3. The van der Waals surface area contributed by atoms with Gasteiger partial charge in [-0.25, -0.2) is 9.59 Å². The number of carboxylic acid groups (broad SMARTS) is 2. The summed E-state index contributed by atoms with van der Waals surface area (Å²) in [5.74, 6) is 15.9. The molecule has 4 heterocycles. The van der Waals surface area contributed by atoms with Crippen LogP contribution in [0.3, 0.4) is 0 Å². The van der Waals surface area contributed by atoms with Gasteiger partial charge in [-0.3, -0.25) is 23.4 Å². The summed E-state index contributed by atoms with van der Waals surface area (Å²) in [6, 6.07) is 0. The maximum absolute atomic E-state index is 10.5. The fourth-order valence-electron chi connectivity index (χ4n) is 1.42. The van der Waals surface area contributed by atoms with Gasteiger partial charge in [0.15, 0.2) is 0 Å². The number of hydrogen-bond donors (Lipinski definition) is 8. The lowest BCUT2D eigenvalue weighted by Gasteiger charge is -1.90. The standard InChI is InChI=1S/2C3H2N8O2.2H4N2/c2*12-3(13)11-2(6-9-10-11)1-4-7-8-5-1;2*1-2/h2*(H,12,13)(H,4,5,7,8);2*1-2H2. The Balaban J connectivity index is 0.000000258. The van der Waals surface area contributed by atoms with Crippen LogP contribution in [-0.4, -0.2) is 104 Å². The Morgan fingerprint density at radius 2 is 1.07 bits per heavy atom. The molecule has 24 nitrogen and oxygen atoms in total. The molecule has 24 heteroatoms. The van der Waals surface area contributed by atoms with Crippen molar-refractivity contribution in [1.29, 1.82) is 0 Å². The molecule has 0 bridgehead atoms. The first-order valence-corrected chi connectivity index (χ1v) is 6.75. The molecule has 0 aliphatic rings. The molecule has 0 unspecified atom stereocenters. The first-order chi connectivity index (χ1) is 14.6. The van der Waals surface area contributed by atoms with E-state index in [0.29, 0.717) is 9.36 Å². The van der Waals surface area contributed by atoms with Crippen LogP contribution < -0.4 is 23.4 Å². The SMILES string of the molecule is NN.NN.O=C(O)n1nnnc1-c1nn[nH]n1.O=C(O)n1nnnc1-c1nn[nH]n1. The predicted molar refractivity (Wildman–Crippen MR) is 85.6 cm³/mol. The summed E-state index contributed by atoms with van der Waals surface area (Å²) >= 11 is 0. The van der Waals surface area contributed by atoms with E-state index in [4.69, 9.17) is 10.2 Å². The number of carbonyl (C=O) groups is 2. The zero-order valence-electron chi connectivity index (χ0n) is 14.3. The summed E-state index contributed by atoms with van der Waals surface area (Å²) in [6.07, 6.45) is -2.63. The Kier molecular flexibility index (Phi) is 9.01. The monoisotopic (exact) mass is 428 g/mol. The lowest BCUT2D eigenvalue weighted by Crippen LogP contribution is -2.12. The summed E-state index contributed by atoms with van der Waals surface area (Å²) in [4.78, 5) is 21.0. The summed E-state index contributed by atoms with van der Waals surface area (Å²) < 4.78 is 1.09. The number of aromatic nitrogens is 16. The topological polar surface area (TPSA) is 375 Å². The highest BCUT2D eigenvalue weighted by Crippen LogP contribution is 2.06. The quantitative estimate of drug-likeness (QED) is 0.0836. The lowest BCUT2D eigenvalue weighted by atomic mass is 10.6. The predicted octanol–water partition coefficient (Wildman–Crippen LogP) is -5.60. The number of tetrazole rings is 4. The van der Waals surface area contributed by atoms with Crippen molar-refractivity contribution in [2.75, 3.05) is 0 Å². The van der Waals surface area contributed by atoms with Crippen molar-refractivity contribution >= 4 is 12.2 Å². The van der Waals surface area contributed by atoms with Gasteiger partial charge in [0.2, 0.25) is 23.3 Å². The van der Waals surface area contributed by atoms with Crippen molar-refractivity contribution in [3.05, 3.63) is 0 Å². The van der Waals surface area contributed by atoms with Crippen molar-refractivity contribution in [3.63, 3.8) is 0 Å². The summed E-state index contributed by atoms with van der Waals surface area (Å²) in [7, 11) is 0. The van der Waals surface area contributed by atoms with Crippen LogP contribution in [0.1, 0.15) is 0 Å². The van der Waals surface area contributed by atoms with Gasteiger partial charge in [-0.1, -0.05) is 0 Å². The lowest BCUT2D eigenvalue weighted by molar-refractivity contribution is 0.191. The van der Waals surface area contributed by atoms with Gasteiger partial charge in [0, 0.05) is 0 Å². The maximum atomic E-state index is 10.5. The second-order valence-corrected chi connectivity index (χ2v) is 3.86. The van der Waals surface area contributed by atoms with E-state index < -0.39 is 12.2 Å². The van der Waals surface area contributed by atoms with Gasteiger partial charge in [0.25, 0.3) is 0 Å². The molecule has 160 valence electrons. The van der Waals surface area contributed by atoms with Crippen LogP contribution in [0.2, 0.25) is 0 Å². The van der Waals surface area contributed by atoms with Gasteiger partial charge in [0.05, 0.1) is 0 Å². The smallest absolute Gasteiger partial charge is 0.435 e. The van der Waals surface area contributed by atoms with Crippen molar-refractivity contribution in [2.45, 2.75) is 0 Å². The van der Waals surface area contributed by atoms with Crippen LogP contribution in [0.5, 0.6) is 0 Å². The summed E-state index contributed by atoms with van der Waals surface area (Å²) in [5, 5.41) is 61.6. The van der Waals surface area contributed by atoms with E-state index in [2.05, 4.69) is 95.7 Å². The molecular formula is C6H12N20O4. The molecular weight excluding hydrogens is 416 g/mol. The van der Waals surface area contributed by atoms with Gasteiger partial charge < -0.3 is 10.2 Å². The maximum Gasteiger partial charge on any atom is 0.435 e. The second kappa shape index (κ2) is 11.7. The molecule has 0 aliphatic carbocycles. The van der Waals surface area contributed by atoms with Crippen molar-refractivity contribution in [3.8, 4) is 23.3 Å². The molecule has 0 aliphatic heterocycles. The highest BCUT2D eigenvalue weighted by atomic mass is 16.4. The number of H-pyrrole nitrogens is 2. The van der Waals surface area contributed by atoms with Gasteiger partial charge >= 0.3 is 12.2 Å². The fraction of sp³-hybridized carbons (Fsp3) is 0.